The first-order chi connectivity index (χ1) is 17.4. The maximum absolute atomic E-state index is 13.0. The Kier molecular flexibility index (Phi) is 7.05. The molecule has 182 valence electrons. The van der Waals surface area contributed by atoms with Gasteiger partial charge in [0.15, 0.2) is 0 Å². The summed E-state index contributed by atoms with van der Waals surface area (Å²) in [6, 6.07) is 18.3. The van der Waals surface area contributed by atoms with Crippen LogP contribution in [0, 0.1) is 10.1 Å². The number of ether oxygens (including phenoxy) is 2. The Hall–Kier alpha value is -4.99. The zero-order chi connectivity index (χ0) is 25.7. The lowest BCUT2D eigenvalue weighted by molar-refractivity contribution is -0.384. The van der Waals surface area contributed by atoms with Crippen LogP contribution in [0.4, 0.5) is 16.2 Å². The lowest BCUT2D eigenvalue weighted by Gasteiger charge is -2.26. The van der Waals surface area contributed by atoms with Crippen LogP contribution in [0.5, 0.6) is 11.5 Å². The van der Waals surface area contributed by atoms with Crippen molar-refractivity contribution in [3.05, 3.63) is 99.6 Å². The van der Waals surface area contributed by atoms with Gasteiger partial charge in [-0.15, -0.1) is 0 Å². The minimum Gasteiger partial charge on any atom is -0.494 e. The van der Waals surface area contributed by atoms with E-state index < -0.39 is 22.8 Å². The summed E-state index contributed by atoms with van der Waals surface area (Å²) in [7, 11) is 0. The summed E-state index contributed by atoms with van der Waals surface area (Å²) >= 11 is 0. The second kappa shape index (κ2) is 10.5. The van der Waals surface area contributed by atoms with Crippen molar-refractivity contribution in [2.24, 2.45) is 0 Å². The first-order valence-electron chi connectivity index (χ1n) is 11.0. The molecule has 0 atom stereocenters. The number of nitro benzene ring substituents is 1. The number of nitrogens with zero attached hydrogens (tertiary/aromatic N) is 2. The summed E-state index contributed by atoms with van der Waals surface area (Å²) in [5.74, 6) is -0.410. The molecule has 1 fully saturated rings. The molecule has 1 saturated heterocycles. The number of barbiturate groups is 1. The molecule has 4 rings (SSSR count). The van der Waals surface area contributed by atoms with Crippen molar-refractivity contribution >= 4 is 35.3 Å². The zero-order valence-corrected chi connectivity index (χ0v) is 19.2. The number of benzene rings is 3. The highest BCUT2D eigenvalue weighted by Crippen LogP contribution is 2.25. The predicted octanol–water partition coefficient (Wildman–Crippen LogP) is 4.24. The topological polar surface area (TPSA) is 128 Å². The van der Waals surface area contributed by atoms with Crippen molar-refractivity contribution < 1.29 is 28.8 Å². The number of nitro groups is 1. The number of carbonyl (C=O) groups is 3. The molecule has 1 aliphatic heterocycles. The molecule has 0 radical (unpaired) electrons. The number of non-ortho nitro benzene ring substituents is 1. The maximum Gasteiger partial charge on any atom is 0.335 e. The number of hydrogen-bond acceptors (Lipinski definition) is 7. The molecule has 0 spiro atoms. The molecule has 1 N–H and O–H groups in total. The summed E-state index contributed by atoms with van der Waals surface area (Å²) in [6.45, 7) is 2.53. The van der Waals surface area contributed by atoms with E-state index in [9.17, 15) is 24.5 Å². The number of amides is 4. The first-order valence-corrected chi connectivity index (χ1v) is 11.0. The number of nitrogens with one attached hydrogen (secondary N) is 1. The van der Waals surface area contributed by atoms with E-state index >= 15 is 0 Å². The minimum absolute atomic E-state index is 0.000210. The molecule has 0 unspecified atom stereocenters. The average Bonchev–Trinajstić information content (AvgIpc) is 2.87. The number of anilines is 1. The van der Waals surface area contributed by atoms with E-state index in [0.717, 1.165) is 10.5 Å². The number of imide groups is 2. The lowest BCUT2D eigenvalue weighted by atomic mass is 10.1. The Morgan fingerprint density at radius 3 is 2.11 bits per heavy atom. The van der Waals surface area contributed by atoms with E-state index in [0.29, 0.717) is 29.4 Å². The SMILES string of the molecule is CCOc1ccc(N2C(=O)NC(=O)/C(=C\c3ccc(OCc4ccc([N+](=O)[O-])cc4)cc3)C2=O)cc1. The van der Waals surface area contributed by atoms with E-state index in [4.69, 9.17) is 9.47 Å². The summed E-state index contributed by atoms with van der Waals surface area (Å²) in [5.41, 5.74) is 1.42. The molecule has 3 aromatic carbocycles. The van der Waals surface area contributed by atoms with Crippen LogP contribution in [0.25, 0.3) is 6.08 Å². The van der Waals surface area contributed by atoms with Crippen molar-refractivity contribution in [3.63, 3.8) is 0 Å². The second-order valence-electron chi connectivity index (χ2n) is 7.67. The van der Waals surface area contributed by atoms with Crippen LogP contribution in [0.3, 0.4) is 0 Å². The average molecular weight is 487 g/mol. The Morgan fingerprint density at radius 1 is 0.889 bits per heavy atom. The molecular formula is C26H21N3O7. The van der Waals surface area contributed by atoms with Crippen molar-refractivity contribution in [1.82, 2.24) is 5.32 Å². The smallest absolute Gasteiger partial charge is 0.335 e. The van der Waals surface area contributed by atoms with Gasteiger partial charge < -0.3 is 9.47 Å². The van der Waals surface area contributed by atoms with Gasteiger partial charge in [0.2, 0.25) is 0 Å². The standard InChI is InChI=1S/C26H21N3O7/c1-2-35-21-13-9-19(10-14-21)28-25(31)23(24(30)27-26(28)32)15-17-5-11-22(12-6-17)36-16-18-3-7-20(8-4-18)29(33)34/h3-15H,2,16H2,1H3,(H,27,30,32)/b23-15+. The summed E-state index contributed by atoms with van der Waals surface area (Å²) in [5, 5.41) is 12.9. The van der Waals surface area contributed by atoms with Gasteiger partial charge in [-0.05, 0) is 72.7 Å². The van der Waals surface area contributed by atoms with Gasteiger partial charge in [0, 0.05) is 12.1 Å². The number of urea groups is 1. The third-order valence-corrected chi connectivity index (χ3v) is 5.25. The Labute approximate surface area is 205 Å². The third-order valence-electron chi connectivity index (χ3n) is 5.25. The van der Waals surface area contributed by atoms with Gasteiger partial charge in [-0.3, -0.25) is 25.0 Å². The van der Waals surface area contributed by atoms with E-state index in [-0.39, 0.29) is 17.9 Å². The van der Waals surface area contributed by atoms with Crippen LogP contribution >= 0.6 is 0 Å². The molecule has 1 heterocycles. The van der Waals surface area contributed by atoms with Crippen LogP contribution in [-0.4, -0.2) is 29.4 Å². The number of carbonyl (C=O) groups excluding carboxylic acids is 3. The minimum atomic E-state index is -0.832. The van der Waals surface area contributed by atoms with Gasteiger partial charge >= 0.3 is 6.03 Å². The number of rotatable bonds is 8. The molecule has 10 nitrogen and oxygen atoms in total. The number of hydrogen-bond donors (Lipinski definition) is 1. The normalized spacial score (nSPS) is 14.5. The van der Waals surface area contributed by atoms with E-state index in [1.54, 1.807) is 60.7 Å². The third kappa shape index (κ3) is 5.39. The highest BCUT2D eigenvalue weighted by molar-refractivity contribution is 6.39. The van der Waals surface area contributed by atoms with Crippen LogP contribution in [0.15, 0.2) is 78.4 Å². The highest BCUT2D eigenvalue weighted by atomic mass is 16.6. The van der Waals surface area contributed by atoms with Crippen molar-refractivity contribution in [2.75, 3.05) is 11.5 Å². The highest BCUT2D eigenvalue weighted by Gasteiger charge is 2.36. The van der Waals surface area contributed by atoms with Crippen LogP contribution in [-0.2, 0) is 16.2 Å². The van der Waals surface area contributed by atoms with Gasteiger partial charge in [-0.2, -0.15) is 0 Å². The summed E-state index contributed by atoms with van der Waals surface area (Å²) in [6.07, 6.45) is 1.39. The molecule has 3 aromatic rings. The van der Waals surface area contributed by atoms with Gasteiger partial charge in [0.05, 0.1) is 17.2 Å². The fraction of sp³-hybridized carbons (Fsp3) is 0.115. The van der Waals surface area contributed by atoms with E-state index in [1.807, 2.05) is 6.92 Å². The van der Waals surface area contributed by atoms with Crippen molar-refractivity contribution in [2.45, 2.75) is 13.5 Å². The van der Waals surface area contributed by atoms with Crippen LogP contribution in [0.1, 0.15) is 18.1 Å². The molecule has 0 saturated carbocycles. The molecule has 0 aromatic heterocycles. The fourth-order valence-corrected chi connectivity index (χ4v) is 3.46. The first kappa shape index (κ1) is 24.1. The van der Waals surface area contributed by atoms with Crippen LogP contribution < -0.4 is 19.7 Å². The monoisotopic (exact) mass is 487 g/mol. The quantitative estimate of drug-likeness (QED) is 0.218. The Bertz CT molecular complexity index is 1330. The summed E-state index contributed by atoms with van der Waals surface area (Å²) in [4.78, 5) is 49.0. The van der Waals surface area contributed by atoms with Crippen molar-refractivity contribution in [3.8, 4) is 11.5 Å². The maximum atomic E-state index is 13.0. The lowest BCUT2D eigenvalue weighted by Crippen LogP contribution is -2.54. The van der Waals surface area contributed by atoms with Gasteiger partial charge in [0.1, 0.15) is 23.7 Å². The van der Waals surface area contributed by atoms with Crippen LogP contribution in [0.2, 0.25) is 0 Å². The van der Waals surface area contributed by atoms with Crippen molar-refractivity contribution in [1.29, 1.82) is 0 Å². The fourth-order valence-electron chi connectivity index (χ4n) is 3.46. The van der Waals surface area contributed by atoms with Gasteiger partial charge in [-0.25, -0.2) is 9.69 Å². The van der Waals surface area contributed by atoms with Gasteiger partial charge in [-0.1, -0.05) is 12.1 Å². The molecule has 1 aliphatic rings. The summed E-state index contributed by atoms with van der Waals surface area (Å²) < 4.78 is 11.1. The van der Waals surface area contributed by atoms with Gasteiger partial charge in [0.25, 0.3) is 17.5 Å². The molecule has 36 heavy (non-hydrogen) atoms. The predicted molar refractivity (Wildman–Crippen MR) is 130 cm³/mol. The molecular weight excluding hydrogens is 466 g/mol. The largest absolute Gasteiger partial charge is 0.494 e. The van der Waals surface area contributed by atoms with E-state index in [2.05, 4.69) is 5.32 Å². The Morgan fingerprint density at radius 2 is 1.50 bits per heavy atom. The molecule has 0 bridgehead atoms. The molecule has 10 heteroatoms. The van der Waals surface area contributed by atoms with E-state index in [1.165, 1.54) is 18.2 Å². The Balaban J connectivity index is 1.46. The molecule has 0 aliphatic carbocycles. The molecule has 4 amide bonds. The second-order valence-corrected chi connectivity index (χ2v) is 7.67. The zero-order valence-electron chi connectivity index (χ0n) is 19.2.